The summed E-state index contributed by atoms with van der Waals surface area (Å²) in [4.78, 5) is 19.2. The number of para-hydroxylation sites is 1. The Morgan fingerprint density at radius 2 is 1.93 bits per heavy atom. The van der Waals surface area contributed by atoms with Crippen molar-refractivity contribution < 1.29 is 18.0 Å². The molecule has 0 radical (unpaired) electrons. The SMILES string of the molecule is CN=C(c1ccc(C(F)(F)F)cc1N(C=O)c1ccccc1C)N1CC(C#N)C1. The van der Waals surface area contributed by atoms with Crippen LogP contribution in [0, 0.1) is 24.2 Å². The molecule has 8 heteroatoms. The molecule has 1 saturated heterocycles. The Labute approximate surface area is 166 Å². The fourth-order valence-electron chi connectivity index (χ4n) is 3.34. The van der Waals surface area contributed by atoms with Crippen LogP contribution in [0.4, 0.5) is 24.5 Å². The van der Waals surface area contributed by atoms with E-state index in [1.54, 1.807) is 31.2 Å². The summed E-state index contributed by atoms with van der Waals surface area (Å²) < 4.78 is 40.1. The van der Waals surface area contributed by atoms with Crippen molar-refractivity contribution in [3.8, 4) is 6.07 Å². The van der Waals surface area contributed by atoms with Crippen LogP contribution in [-0.4, -0.2) is 37.3 Å². The minimum Gasteiger partial charge on any atom is -0.354 e. The highest BCUT2D eigenvalue weighted by Crippen LogP contribution is 2.37. The van der Waals surface area contributed by atoms with Crippen LogP contribution in [0.2, 0.25) is 0 Å². The fraction of sp³-hybridized carbons (Fsp3) is 0.286. The number of amides is 1. The quantitative estimate of drug-likeness (QED) is 0.440. The Morgan fingerprint density at radius 3 is 2.48 bits per heavy atom. The minimum atomic E-state index is -4.56. The van der Waals surface area contributed by atoms with Gasteiger partial charge in [-0.2, -0.15) is 18.4 Å². The van der Waals surface area contributed by atoms with Gasteiger partial charge in [-0.15, -0.1) is 0 Å². The molecule has 1 heterocycles. The smallest absolute Gasteiger partial charge is 0.354 e. The van der Waals surface area contributed by atoms with Gasteiger partial charge in [0.05, 0.1) is 28.9 Å². The van der Waals surface area contributed by atoms with E-state index in [0.717, 1.165) is 17.7 Å². The molecule has 0 spiro atoms. The monoisotopic (exact) mass is 400 g/mol. The summed E-state index contributed by atoms with van der Waals surface area (Å²) in [7, 11) is 1.54. The van der Waals surface area contributed by atoms with Crippen LogP contribution < -0.4 is 4.90 Å². The number of benzene rings is 2. The summed E-state index contributed by atoms with van der Waals surface area (Å²) in [5.41, 5.74) is 0.853. The van der Waals surface area contributed by atoms with Gasteiger partial charge in [0.25, 0.3) is 0 Å². The molecule has 5 nitrogen and oxygen atoms in total. The van der Waals surface area contributed by atoms with Gasteiger partial charge in [-0.05, 0) is 36.8 Å². The molecule has 1 aliphatic heterocycles. The highest BCUT2D eigenvalue weighted by molar-refractivity contribution is 6.07. The van der Waals surface area contributed by atoms with Crippen molar-refractivity contribution in [1.82, 2.24) is 4.90 Å². The van der Waals surface area contributed by atoms with E-state index in [0.29, 0.717) is 36.6 Å². The van der Waals surface area contributed by atoms with E-state index in [-0.39, 0.29) is 11.6 Å². The van der Waals surface area contributed by atoms with Crippen molar-refractivity contribution >= 4 is 23.6 Å². The molecule has 0 atom stereocenters. The number of alkyl halides is 3. The second-order valence-electron chi connectivity index (χ2n) is 6.77. The third kappa shape index (κ3) is 3.94. The molecule has 2 aromatic carbocycles. The van der Waals surface area contributed by atoms with Gasteiger partial charge in [-0.25, -0.2) is 0 Å². The number of amidine groups is 1. The summed E-state index contributed by atoms with van der Waals surface area (Å²) >= 11 is 0. The first kappa shape index (κ1) is 20.4. The molecule has 0 aromatic heterocycles. The Bertz CT molecular complexity index is 988. The molecule has 0 saturated carbocycles. The Balaban J connectivity index is 2.15. The molecule has 29 heavy (non-hydrogen) atoms. The van der Waals surface area contributed by atoms with E-state index in [4.69, 9.17) is 5.26 Å². The predicted octanol–water partition coefficient (Wildman–Crippen LogP) is 4.14. The number of aliphatic imine (C=N–C) groups is 1. The maximum absolute atomic E-state index is 13.4. The topological polar surface area (TPSA) is 59.7 Å². The molecule has 0 aliphatic carbocycles. The van der Waals surface area contributed by atoms with Crippen LogP contribution in [-0.2, 0) is 11.0 Å². The molecular weight excluding hydrogens is 381 g/mol. The van der Waals surface area contributed by atoms with Crippen molar-refractivity contribution in [3.63, 3.8) is 0 Å². The second-order valence-corrected chi connectivity index (χ2v) is 6.77. The van der Waals surface area contributed by atoms with Gasteiger partial charge in [0.15, 0.2) is 0 Å². The lowest BCUT2D eigenvalue weighted by Gasteiger charge is -2.39. The first-order valence-electron chi connectivity index (χ1n) is 8.93. The number of halogens is 3. The predicted molar refractivity (Wildman–Crippen MR) is 104 cm³/mol. The van der Waals surface area contributed by atoms with E-state index in [1.807, 2.05) is 4.90 Å². The number of hydrogen-bond acceptors (Lipinski definition) is 3. The molecule has 150 valence electrons. The van der Waals surface area contributed by atoms with Gasteiger partial charge in [0.2, 0.25) is 6.41 Å². The number of anilines is 2. The number of aryl methyl sites for hydroxylation is 1. The van der Waals surface area contributed by atoms with Gasteiger partial charge >= 0.3 is 6.18 Å². The minimum absolute atomic E-state index is 0.0881. The Morgan fingerprint density at radius 1 is 1.24 bits per heavy atom. The van der Waals surface area contributed by atoms with Crippen LogP contribution >= 0.6 is 0 Å². The van der Waals surface area contributed by atoms with Gasteiger partial charge < -0.3 is 4.90 Å². The number of nitrogens with zero attached hydrogens (tertiary/aromatic N) is 4. The lowest BCUT2D eigenvalue weighted by molar-refractivity contribution is -0.137. The molecule has 2 aromatic rings. The summed E-state index contributed by atoms with van der Waals surface area (Å²) in [6.07, 6.45) is -4.05. The van der Waals surface area contributed by atoms with Crippen molar-refractivity contribution in [1.29, 1.82) is 5.26 Å². The number of carbonyl (C=O) groups is 1. The van der Waals surface area contributed by atoms with Gasteiger partial charge in [-0.1, -0.05) is 18.2 Å². The molecule has 0 unspecified atom stereocenters. The van der Waals surface area contributed by atoms with Crippen molar-refractivity contribution in [2.24, 2.45) is 10.9 Å². The number of likely N-dealkylation sites (tertiary alicyclic amines) is 1. The van der Waals surface area contributed by atoms with Crippen molar-refractivity contribution in [2.45, 2.75) is 13.1 Å². The van der Waals surface area contributed by atoms with E-state index in [9.17, 15) is 18.0 Å². The first-order chi connectivity index (χ1) is 13.8. The molecule has 3 rings (SSSR count). The third-order valence-electron chi connectivity index (χ3n) is 4.88. The highest BCUT2D eigenvalue weighted by atomic mass is 19.4. The average Bonchev–Trinajstić information content (AvgIpc) is 2.66. The number of carbonyl (C=O) groups excluding carboxylic acids is 1. The largest absolute Gasteiger partial charge is 0.416 e. The van der Waals surface area contributed by atoms with Gasteiger partial charge in [0, 0.05) is 25.7 Å². The standard InChI is InChI=1S/C21H19F3N4O/c1-14-5-3-4-6-18(14)28(13-29)19-9-16(21(22,23)24)7-8-17(19)20(26-2)27-11-15(10-25)12-27/h3-9,13,15H,11-12H2,1-2H3. The first-order valence-corrected chi connectivity index (χ1v) is 8.93. The molecule has 1 aliphatic rings. The average molecular weight is 400 g/mol. The molecule has 0 bridgehead atoms. The molecular formula is C21H19F3N4O. The molecule has 1 fully saturated rings. The normalized spacial score (nSPS) is 14.9. The fourth-order valence-corrected chi connectivity index (χ4v) is 3.34. The summed E-state index contributed by atoms with van der Waals surface area (Å²) in [5, 5.41) is 9.02. The molecule has 0 N–H and O–H groups in total. The molecule has 1 amide bonds. The maximum Gasteiger partial charge on any atom is 0.416 e. The zero-order chi connectivity index (χ0) is 21.2. The van der Waals surface area contributed by atoms with Crippen LogP contribution in [0.1, 0.15) is 16.7 Å². The zero-order valence-corrected chi connectivity index (χ0v) is 15.9. The van der Waals surface area contributed by atoms with Crippen molar-refractivity contribution in [3.05, 3.63) is 59.2 Å². The lowest BCUT2D eigenvalue weighted by Crippen LogP contribution is -2.50. The number of rotatable bonds is 4. The van der Waals surface area contributed by atoms with E-state index in [2.05, 4.69) is 11.1 Å². The lowest BCUT2D eigenvalue weighted by atomic mass is 9.98. The Hall–Kier alpha value is -3.34. The third-order valence-corrected chi connectivity index (χ3v) is 4.88. The summed E-state index contributed by atoms with van der Waals surface area (Å²) in [5.74, 6) is 0.295. The Kier molecular flexibility index (Phi) is 5.59. The summed E-state index contributed by atoms with van der Waals surface area (Å²) in [6.45, 7) is 2.66. The van der Waals surface area contributed by atoms with Gasteiger partial charge in [0.1, 0.15) is 5.84 Å². The van der Waals surface area contributed by atoms with Crippen LogP contribution in [0.25, 0.3) is 0 Å². The van der Waals surface area contributed by atoms with Crippen LogP contribution in [0.5, 0.6) is 0 Å². The summed E-state index contributed by atoms with van der Waals surface area (Å²) in [6, 6.07) is 12.4. The van der Waals surface area contributed by atoms with Gasteiger partial charge in [-0.3, -0.25) is 14.7 Å². The van der Waals surface area contributed by atoms with Crippen molar-refractivity contribution in [2.75, 3.05) is 25.0 Å². The van der Waals surface area contributed by atoms with E-state index < -0.39 is 11.7 Å². The van der Waals surface area contributed by atoms with Crippen LogP contribution in [0.3, 0.4) is 0 Å². The number of hydrogen-bond donors (Lipinski definition) is 0. The second kappa shape index (κ2) is 7.95. The van der Waals surface area contributed by atoms with E-state index >= 15 is 0 Å². The van der Waals surface area contributed by atoms with Crippen LogP contribution in [0.15, 0.2) is 47.5 Å². The maximum atomic E-state index is 13.4. The number of nitriles is 1. The zero-order valence-electron chi connectivity index (χ0n) is 15.9. The van der Waals surface area contributed by atoms with E-state index in [1.165, 1.54) is 18.0 Å². The highest BCUT2D eigenvalue weighted by Gasteiger charge is 2.35.